The van der Waals surface area contributed by atoms with E-state index < -0.39 is 7.60 Å². The molecular weight excluding hydrogens is 601 g/mol. The summed E-state index contributed by atoms with van der Waals surface area (Å²) in [5.41, 5.74) is 7.05. The molecule has 0 saturated carbocycles. The lowest BCUT2D eigenvalue weighted by Crippen LogP contribution is -2.19. The number of benzene rings is 1. The Morgan fingerprint density at radius 3 is 2.07 bits per heavy atom. The second-order valence-corrected chi connectivity index (χ2v) is 14.3. The van der Waals surface area contributed by atoms with Gasteiger partial charge >= 0.3 is 7.60 Å². The molecule has 0 amide bonds. The summed E-state index contributed by atoms with van der Waals surface area (Å²) >= 11 is 0. The molecule has 2 aromatic heterocycles. The zero-order valence-electron chi connectivity index (χ0n) is 28.5. The molecule has 0 spiro atoms. The lowest BCUT2D eigenvalue weighted by atomic mass is 10.0. The topological polar surface area (TPSA) is 124 Å². The number of rotatable bonds is 27. The van der Waals surface area contributed by atoms with Crippen LogP contribution >= 0.6 is 7.60 Å². The van der Waals surface area contributed by atoms with Gasteiger partial charge in [-0.3, -0.25) is 4.52 Å². The molecule has 0 saturated heterocycles. The summed E-state index contributed by atoms with van der Waals surface area (Å²) in [6.45, 7) is 7.15. The van der Waals surface area contributed by atoms with Crippen LogP contribution in [-0.4, -0.2) is 51.3 Å². The number of aromatic nitrogens is 4. The van der Waals surface area contributed by atoms with Gasteiger partial charge in [-0.2, -0.15) is 0 Å². The van der Waals surface area contributed by atoms with Crippen LogP contribution in [0.15, 0.2) is 43.0 Å². The molecule has 2 heterocycles. The van der Waals surface area contributed by atoms with Crippen LogP contribution in [0, 0.1) is 0 Å². The first-order chi connectivity index (χ1) is 22.4. The second kappa shape index (κ2) is 22.1. The Morgan fingerprint density at radius 1 is 0.783 bits per heavy atom. The molecule has 0 aliphatic carbocycles. The maximum atomic E-state index is 13.7. The zero-order valence-corrected chi connectivity index (χ0v) is 29.4. The lowest BCUT2D eigenvalue weighted by molar-refractivity contribution is 0.0310. The highest BCUT2D eigenvalue weighted by Gasteiger charge is 2.28. The molecule has 3 aromatic rings. The largest absolute Gasteiger partial charge is 0.423 e. The van der Waals surface area contributed by atoms with Gasteiger partial charge < -0.3 is 24.3 Å². The first kappa shape index (κ1) is 37.9. The van der Waals surface area contributed by atoms with Gasteiger partial charge in [0.25, 0.3) is 0 Å². The maximum absolute atomic E-state index is 13.7. The van der Waals surface area contributed by atoms with Gasteiger partial charge in [-0.05, 0) is 32.4 Å². The van der Waals surface area contributed by atoms with Gasteiger partial charge in [0.2, 0.25) is 0 Å². The van der Waals surface area contributed by atoms with Crippen molar-refractivity contribution in [3.63, 3.8) is 0 Å². The number of anilines is 1. The van der Waals surface area contributed by atoms with Crippen LogP contribution in [0.3, 0.4) is 0 Å². The number of imidazole rings is 1. The molecule has 11 heteroatoms. The molecule has 0 aliphatic rings. The number of ether oxygens (including phenoxy) is 2. The summed E-state index contributed by atoms with van der Waals surface area (Å²) in [4.78, 5) is 12.5. The molecule has 2 N–H and O–H groups in total. The van der Waals surface area contributed by atoms with Gasteiger partial charge in [-0.25, -0.2) is 19.5 Å². The highest BCUT2D eigenvalue weighted by atomic mass is 31.2. The summed E-state index contributed by atoms with van der Waals surface area (Å²) in [6, 6.07) is 9.01. The lowest BCUT2D eigenvalue weighted by Gasteiger charge is -2.22. The van der Waals surface area contributed by atoms with Gasteiger partial charge in [0, 0.05) is 0 Å². The molecule has 10 nitrogen and oxygen atoms in total. The van der Waals surface area contributed by atoms with Crippen LogP contribution in [0.5, 0.6) is 5.75 Å². The van der Waals surface area contributed by atoms with Crippen molar-refractivity contribution in [2.45, 2.75) is 136 Å². The molecule has 0 fully saturated rings. The van der Waals surface area contributed by atoms with Gasteiger partial charge in [0.1, 0.15) is 17.6 Å². The van der Waals surface area contributed by atoms with Crippen LogP contribution in [-0.2, 0) is 25.1 Å². The minimum atomic E-state index is -3.63. The predicted octanol–water partition coefficient (Wildman–Crippen LogP) is 9.34. The van der Waals surface area contributed by atoms with Crippen LogP contribution in [0.4, 0.5) is 5.82 Å². The third-order valence-electron chi connectivity index (χ3n) is 8.13. The molecule has 1 aromatic carbocycles. The molecule has 3 atom stereocenters. The third kappa shape index (κ3) is 14.9. The van der Waals surface area contributed by atoms with Crippen molar-refractivity contribution in [2.75, 3.05) is 25.3 Å². The van der Waals surface area contributed by atoms with Crippen LogP contribution in [0.2, 0.25) is 0 Å². The maximum Gasteiger partial charge on any atom is 0.404 e. The molecule has 0 bridgehead atoms. The zero-order chi connectivity index (χ0) is 32.9. The van der Waals surface area contributed by atoms with Crippen molar-refractivity contribution in [3.8, 4) is 5.75 Å². The van der Waals surface area contributed by atoms with E-state index in [0.29, 0.717) is 35.9 Å². The van der Waals surface area contributed by atoms with E-state index in [1.807, 2.05) is 29.7 Å². The molecule has 46 heavy (non-hydrogen) atoms. The SMILES string of the molecule is CCCCCCCCCCCCCCCCC(C)OCCOP(=O)(COC(C)Cn1cnc2c(N)ncnc21)Oc1ccccc1. The average molecular weight is 660 g/mol. The first-order valence-electron chi connectivity index (χ1n) is 17.5. The fourth-order valence-corrected chi connectivity index (χ4v) is 6.86. The molecular formula is C35H58N5O5P. The fraction of sp³-hybridized carbons (Fsp3) is 0.686. The quantitative estimate of drug-likeness (QED) is 0.0630. The monoisotopic (exact) mass is 659 g/mol. The minimum Gasteiger partial charge on any atom is -0.423 e. The van der Waals surface area contributed by atoms with E-state index in [-0.39, 0.29) is 25.2 Å². The van der Waals surface area contributed by atoms with Crippen molar-refractivity contribution < 1.29 is 23.1 Å². The van der Waals surface area contributed by atoms with Crippen molar-refractivity contribution in [1.82, 2.24) is 19.5 Å². The van der Waals surface area contributed by atoms with E-state index in [4.69, 9.17) is 24.3 Å². The number of nitrogens with zero attached hydrogens (tertiary/aromatic N) is 4. The molecule has 258 valence electrons. The standard InChI is InChI=1S/C35H58N5O5P/c1-4-5-6-7-8-9-10-11-12-13-14-15-16-18-21-30(2)42-24-25-44-46(41,45-32-22-19-17-20-23-32)29-43-31(3)26-40-28-39-33-34(36)37-27-38-35(33)40/h17,19-20,22-23,27-28,30-31H,4-16,18,21,24-26,29H2,1-3H3,(H2,36,37,38). The Morgan fingerprint density at radius 2 is 1.41 bits per heavy atom. The Balaban J connectivity index is 1.29. The predicted molar refractivity (Wildman–Crippen MR) is 186 cm³/mol. The molecule has 3 rings (SSSR count). The first-order valence-corrected chi connectivity index (χ1v) is 19.3. The Hall–Kier alpha value is -2.52. The highest BCUT2D eigenvalue weighted by molar-refractivity contribution is 7.54. The number of fused-ring (bicyclic) bond motifs is 1. The van der Waals surface area contributed by atoms with E-state index in [1.54, 1.807) is 18.5 Å². The second-order valence-electron chi connectivity index (χ2n) is 12.3. The number of hydrogen-bond donors (Lipinski definition) is 1. The third-order valence-corrected chi connectivity index (χ3v) is 9.66. The Bertz CT molecular complexity index is 1260. The smallest absolute Gasteiger partial charge is 0.404 e. The average Bonchev–Trinajstić information content (AvgIpc) is 3.46. The van der Waals surface area contributed by atoms with Crippen molar-refractivity contribution in [2.24, 2.45) is 0 Å². The fourth-order valence-electron chi connectivity index (χ4n) is 5.45. The van der Waals surface area contributed by atoms with Gasteiger partial charge in [0.05, 0.1) is 38.3 Å². The van der Waals surface area contributed by atoms with E-state index >= 15 is 0 Å². The molecule has 3 unspecified atom stereocenters. The number of nitrogen functional groups attached to an aromatic ring is 1. The Labute approximate surface area is 276 Å². The minimum absolute atomic E-state index is 0.120. The molecule has 0 radical (unpaired) electrons. The highest BCUT2D eigenvalue weighted by Crippen LogP contribution is 2.48. The van der Waals surface area contributed by atoms with E-state index in [2.05, 4.69) is 28.8 Å². The number of hydrogen-bond acceptors (Lipinski definition) is 9. The number of nitrogens with two attached hydrogens (primary N) is 1. The van der Waals surface area contributed by atoms with Gasteiger partial charge in [0.15, 0.2) is 17.8 Å². The molecule has 0 aliphatic heterocycles. The van der Waals surface area contributed by atoms with E-state index in [1.165, 1.54) is 89.8 Å². The summed E-state index contributed by atoms with van der Waals surface area (Å²) in [7, 11) is -3.63. The summed E-state index contributed by atoms with van der Waals surface area (Å²) < 4.78 is 39.1. The summed E-state index contributed by atoms with van der Waals surface area (Å²) in [5.74, 6) is 0.782. The van der Waals surface area contributed by atoms with Crippen LogP contribution in [0.25, 0.3) is 11.2 Å². The Kier molecular flexibility index (Phi) is 18.2. The van der Waals surface area contributed by atoms with Gasteiger partial charge in [-0.1, -0.05) is 115 Å². The normalized spacial score (nSPS) is 14.3. The van der Waals surface area contributed by atoms with Crippen molar-refractivity contribution in [1.29, 1.82) is 0 Å². The van der Waals surface area contributed by atoms with Crippen LogP contribution < -0.4 is 10.3 Å². The number of para-hydroxylation sites is 1. The summed E-state index contributed by atoms with van der Waals surface area (Å²) in [6.07, 6.45) is 22.6. The number of unbranched alkanes of at least 4 members (excludes halogenated alkanes) is 13. The van der Waals surface area contributed by atoms with E-state index in [9.17, 15) is 4.57 Å². The van der Waals surface area contributed by atoms with Crippen molar-refractivity contribution >= 4 is 24.6 Å². The summed E-state index contributed by atoms with van der Waals surface area (Å²) in [5, 5.41) is 0. The van der Waals surface area contributed by atoms with Gasteiger partial charge in [-0.15, -0.1) is 0 Å². The van der Waals surface area contributed by atoms with Crippen LogP contribution in [0.1, 0.15) is 117 Å². The van der Waals surface area contributed by atoms with E-state index in [0.717, 1.165) is 12.8 Å². The van der Waals surface area contributed by atoms with Crippen molar-refractivity contribution in [3.05, 3.63) is 43.0 Å².